The maximum Gasteiger partial charge on any atom is 0.322 e. The second-order valence-electron chi connectivity index (χ2n) is 4.93. The highest BCUT2D eigenvalue weighted by molar-refractivity contribution is 5.90. The number of carboxylic acids is 1. The Balaban J connectivity index is 2.17. The van der Waals surface area contributed by atoms with Crippen molar-refractivity contribution in [3.63, 3.8) is 0 Å². The van der Waals surface area contributed by atoms with Crippen LogP contribution in [0.15, 0.2) is 30.5 Å². The van der Waals surface area contributed by atoms with E-state index >= 15 is 0 Å². The van der Waals surface area contributed by atoms with E-state index in [1.807, 2.05) is 24.3 Å². The van der Waals surface area contributed by atoms with Crippen LogP contribution >= 0.6 is 0 Å². The van der Waals surface area contributed by atoms with Crippen molar-refractivity contribution in [1.29, 1.82) is 0 Å². The molecule has 2 aromatic rings. The van der Waals surface area contributed by atoms with Gasteiger partial charge in [-0.05, 0) is 11.6 Å². The molecule has 2 rings (SSSR count). The Morgan fingerprint density at radius 3 is 2.68 bits per heavy atom. The Kier molecular flexibility index (Phi) is 4.77. The van der Waals surface area contributed by atoms with Gasteiger partial charge in [0.1, 0.15) is 12.6 Å². The maximum atomic E-state index is 12.0. The van der Waals surface area contributed by atoms with Gasteiger partial charge in [0, 0.05) is 30.4 Å². The smallest absolute Gasteiger partial charge is 0.322 e. The Morgan fingerprint density at radius 1 is 1.27 bits per heavy atom. The minimum Gasteiger partial charge on any atom is -0.480 e. The van der Waals surface area contributed by atoms with Gasteiger partial charge in [-0.1, -0.05) is 18.2 Å². The van der Waals surface area contributed by atoms with Crippen LogP contribution in [0.1, 0.15) is 12.5 Å². The van der Waals surface area contributed by atoms with E-state index in [2.05, 4.69) is 15.6 Å². The van der Waals surface area contributed by atoms with Gasteiger partial charge in [0.15, 0.2) is 0 Å². The molecule has 0 aliphatic rings. The third kappa shape index (κ3) is 3.85. The molecule has 2 amide bonds. The van der Waals surface area contributed by atoms with E-state index in [1.165, 1.54) is 6.92 Å². The zero-order valence-electron chi connectivity index (χ0n) is 12.1. The molecular formula is C15H17N3O4. The molecule has 116 valence electrons. The lowest BCUT2D eigenvalue weighted by Crippen LogP contribution is -2.48. The van der Waals surface area contributed by atoms with Gasteiger partial charge in [0.05, 0.1) is 0 Å². The molecule has 1 aromatic heterocycles. The highest BCUT2D eigenvalue weighted by atomic mass is 16.4. The van der Waals surface area contributed by atoms with Gasteiger partial charge in [-0.25, -0.2) is 0 Å². The summed E-state index contributed by atoms with van der Waals surface area (Å²) in [6.45, 7) is 0.829. The first kappa shape index (κ1) is 15.6. The molecule has 0 unspecified atom stereocenters. The summed E-state index contributed by atoms with van der Waals surface area (Å²) in [6, 6.07) is 6.79. The van der Waals surface area contributed by atoms with E-state index in [4.69, 9.17) is 5.11 Å². The highest BCUT2D eigenvalue weighted by Crippen LogP contribution is 2.19. The molecule has 1 heterocycles. The Hall–Kier alpha value is -2.83. The number of H-pyrrole nitrogens is 1. The SMILES string of the molecule is CC(=O)N[C@@H](Cc1c[nH]c2ccccc12)C(=O)NCC(=O)O. The molecule has 4 N–H and O–H groups in total. The molecule has 0 spiro atoms. The van der Waals surface area contributed by atoms with Crippen LogP contribution in [0.2, 0.25) is 0 Å². The highest BCUT2D eigenvalue weighted by Gasteiger charge is 2.21. The van der Waals surface area contributed by atoms with Crippen molar-refractivity contribution < 1.29 is 19.5 Å². The summed E-state index contributed by atoms with van der Waals surface area (Å²) in [5.74, 6) is -2.01. The molecule has 0 saturated heterocycles. The minimum atomic E-state index is -1.14. The van der Waals surface area contributed by atoms with Gasteiger partial charge in [0.25, 0.3) is 0 Å². The number of para-hydroxylation sites is 1. The maximum absolute atomic E-state index is 12.0. The summed E-state index contributed by atoms with van der Waals surface area (Å²) in [5, 5.41) is 14.4. The first-order valence-electron chi connectivity index (χ1n) is 6.79. The van der Waals surface area contributed by atoms with Gasteiger partial charge >= 0.3 is 5.97 Å². The number of amides is 2. The normalized spacial score (nSPS) is 11.9. The molecule has 1 aromatic carbocycles. The molecule has 1 atom stereocenters. The van der Waals surface area contributed by atoms with E-state index in [-0.39, 0.29) is 12.3 Å². The summed E-state index contributed by atoms with van der Waals surface area (Å²) in [6.07, 6.45) is 2.05. The number of aromatic nitrogens is 1. The Morgan fingerprint density at radius 2 is 2.00 bits per heavy atom. The second-order valence-corrected chi connectivity index (χ2v) is 4.93. The minimum absolute atomic E-state index is 0.273. The lowest BCUT2D eigenvalue weighted by Gasteiger charge is -2.16. The van der Waals surface area contributed by atoms with Crippen molar-refractivity contribution in [3.05, 3.63) is 36.0 Å². The van der Waals surface area contributed by atoms with Crippen LogP contribution in [0.5, 0.6) is 0 Å². The van der Waals surface area contributed by atoms with E-state index in [1.54, 1.807) is 6.20 Å². The van der Waals surface area contributed by atoms with Crippen molar-refractivity contribution in [1.82, 2.24) is 15.6 Å². The fourth-order valence-electron chi connectivity index (χ4n) is 2.26. The number of fused-ring (bicyclic) bond motifs is 1. The summed E-state index contributed by atoms with van der Waals surface area (Å²) in [7, 11) is 0. The van der Waals surface area contributed by atoms with Crippen molar-refractivity contribution in [2.75, 3.05) is 6.54 Å². The monoisotopic (exact) mass is 303 g/mol. The van der Waals surface area contributed by atoms with Gasteiger partial charge in [-0.2, -0.15) is 0 Å². The van der Waals surface area contributed by atoms with Crippen LogP contribution in [-0.4, -0.2) is 40.5 Å². The third-order valence-corrected chi connectivity index (χ3v) is 3.21. The number of carboxylic acid groups (broad SMARTS) is 1. The number of carbonyl (C=O) groups excluding carboxylic acids is 2. The molecule has 0 aliphatic carbocycles. The molecule has 22 heavy (non-hydrogen) atoms. The number of aromatic amines is 1. The molecule has 0 radical (unpaired) electrons. The van der Waals surface area contributed by atoms with Gasteiger partial charge in [0.2, 0.25) is 11.8 Å². The molecule has 0 bridgehead atoms. The standard InChI is InChI=1S/C15H17N3O4/c1-9(19)18-13(15(22)17-8-14(20)21)6-10-7-16-12-5-3-2-4-11(10)12/h2-5,7,13,16H,6,8H2,1H3,(H,17,22)(H,18,19)(H,20,21)/t13-/m0/s1. The molecule has 0 saturated carbocycles. The second kappa shape index (κ2) is 6.75. The number of hydrogen-bond donors (Lipinski definition) is 4. The van der Waals surface area contributed by atoms with Gasteiger partial charge < -0.3 is 20.7 Å². The zero-order valence-corrected chi connectivity index (χ0v) is 12.1. The number of hydrogen-bond acceptors (Lipinski definition) is 3. The molecule has 7 heteroatoms. The molecular weight excluding hydrogens is 286 g/mol. The van der Waals surface area contributed by atoms with Crippen LogP contribution in [-0.2, 0) is 20.8 Å². The van der Waals surface area contributed by atoms with Crippen molar-refractivity contribution in [2.45, 2.75) is 19.4 Å². The predicted octanol–water partition coefficient (Wildman–Crippen LogP) is 0.416. The molecule has 0 fully saturated rings. The van der Waals surface area contributed by atoms with Gasteiger partial charge in [-0.3, -0.25) is 14.4 Å². The van der Waals surface area contributed by atoms with Crippen molar-refractivity contribution in [2.24, 2.45) is 0 Å². The zero-order chi connectivity index (χ0) is 16.1. The summed E-state index contributed by atoms with van der Waals surface area (Å²) in [5.41, 5.74) is 1.81. The van der Waals surface area contributed by atoms with Crippen LogP contribution in [0, 0.1) is 0 Å². The van der Waals surface area contributed by atoms with E-state index in [0.717, 1.165) is 16.5 Å². The Bertz CT molecular complexity index is 708. The quantitative estimate of drug-likeness (QED) is 0.619. The van der Waals surface area contributed by atoms with Gasteiger partial charge in [-0.15, -0.1) is 0 Å². The van der Waals surface area contributed by atoms with Crippen LogP contribution < -0.4 is 10.6 Å². The van der Waals surface area contributed by atoms with E-state index in [0.29, 0.717) is 0 Å². The summed E-state index contributed by atoms with van der Waals surface area (Å²) >= 11 is 0. The average molecular weight is 303 g/mol. The van der Waals surface area contributed by atoms with E-state index in [9.17, 15) is 14.4 Å². The lowest BCUT2D eigenvalue weighted by molar-refractivity contribution is -0.138. The van der Waals surface area contributed by atoms with Crippen LogP contribution in [0.25, 0.3) is 10.9 Å². The largest absolute Gasteiger partial charge is 0.480 e. The van der Waals surface area contributed by atoms with Crippen LogP contribution in [0.4, 0.5) is 0 Å². The molecule has 7 nitrogen and oxygen atoms in total. The van der Waals surface area contributed by atoms with E-state index < -0.39 is 24.5 Å². The Labute approximate surface area is 126 Å². The predicted molar refractivity (Wildman–Crippen MR) is 80.3 cm³/mol. The average Bonchev–Trinajstić information content (AvgIpc) is 2.87. The fraction of sp³-hybridized carbons (Fsp3) is 0.267. The first-order chi connectivity index (χ1) is 10.5. The summed E-state index contributed by atoms with van der Waals surface area (Å²) < 4.78 is 0. The number of benzene rings is 1. The fourth-order valence-corrected chi connectivity index (χ4v) is 2.26. The number of aliphatic carboxylic acids is 1. The third-order valence-electron chi connectivity index (χ3n) is 3.21. The number of rotatable bonds is 6. The topological polar surface area (TPSA) is 111 Å². The number of nitrogens with one attached hydrogen (secondary N) is 3. The number of carbonyl (C=O) groups is 3. The van der Waals surface area contributed by atoms with Crippen LogP contribution in [0.3, 0.4) is 0 Å². The van der Waals surface area contributed by atoms with Crippen molar-refractivity contribution in [3.8, 4) is 0 Å². The first-order valence-corrected chi connectivity index (χ1v) is 6.79. The lowest BCUT2D eigenvalue weighted by atomic mass is 10.0. The molecule has 0 aliphatic heterocycles. The summed E-state index contributed by atoms with van der Waals surface area (Å²) in [4.78, 5) is 37.0. The van der Waals surface area contributed by atoms with Crippen molar-refractivity contribution >= 4 is 28.7 Å².